The molecule has 0 fully saturated rings. The summed E-state index contributed by atoms with van der Waals surface area (Å²) in [5.74, 6) is -0.261. The van der Waals surface area contributed by atoms with Crippen LogP contribution in [0.3, 0.4) is 0 Å². The van der Waals surface area contributed by atoms with E-state index in [-0.39, 0.29) is 17.9 Å². The van der Waals surface area contributed by atoms with Crippen molar-refractivity contribution in [1.29, 1.82) is 0 Å². The first-order chi connectivity index (χ1) is 9.54. The minimum Gasteiger partial charge on any atom is -0.507 e. The summed E-state index contributed by atoms with van der Waals surface area (Å²) >= 11 is 0. The number of hydrogen-bond acceptors (Lipinski definition) is 5. The third-order valence-corrected chi connectivity index (χ3v) is 3.52. The van der Waals surface area contributed by atoms with Crippen LogP contribution in [0.2, 0.25) is 0 Å². The second kappa shape index (κ2) is 6.31. The fraction of sp³-hybridized carbons (Fsp3) is 0.462. The van der Waals surface area contributed by atoms with Gasteiger partial charge in [-0.3, -0.25) is 4.79 Å². The zero-order valence-electron chi connectivity index (χ0n) is 12.4. The van der Waals surface area contributed by atoms with Crippen molar-refractivity contribution in [2.24, 2.45) is 0 Å². The molecule has 0 radical (unpaired) electrons. The predicted molar refractivity (Wildman–Crippen MR) is 79.1 cm³/mol. The lowest BCUT2D eigenvalue weighted by Gasteiger charge is -2.25. The number of hydrogen-bond donors (Lipinski definition) is 3. The lowest BCUT2D eigenvalue weighted by molar-refractivity contribution is 0.0941. The number of nitrogens with one attached hydrogen (secondary N) is 2. The number of sulfonamides is 1. The van der Waals surface area contributed by atoms with Crippen LogP contribution in [0.4, 0.5) is 0 Å². The van der Waals surface area contributed by atoms with Gasteiger partial charge in [0.25, 0.3) is 5.91 Å². The van der Waals surface area contributed by atoms with E-state index in [0.717, 1.165) is 6.26 Å². The number of phenolic OH excluding ortho intramolecular Hbond substituents is 1. The fourth-order valence-corrected chi connectivity index (χ4v) is 2.83. The molecule has 21 heavy (non-hydrogen) atoms. The number of rotatable bonds is 6. The maximum Gasteiger partial charge on any atom is 0.255 e. The largest absolute Gasteiger partial charge is 0.507 e. The molecule has 0 saturated heterocycles. The van der Waals surface area contributed by atoms with E-state index < -0.39 is 21.5 Å². The van der Waals surface area contributed by atoms with E-state index in [1.54, 1.807) is 13.8 Å². The van der Waals surface area contributed by atoms with E-state index >= 15 is 0 Å². The maximum atomic E-state index is 12.0. The van der Waals surface area contributed by atoms with Crippen molar-refractivity contribution in [3.8, 4) is 11.5 Å². The molecule has 1 amide bonds. The van der Waals surface area contributed by atoms with Crippen LogP contribution in [0.5, 0.6) is 11.5 Å². The highest BCUT2D eigenvalue weighted by atomic mass is 32.2. The van der Waals surface area contributed by atoms with Gasteiger partial charge in [0.2, 0.25) is 10.0 Å². The van der Waals surface area contributed by atoms with Gasteiger partial charge in [0.15, 0.2) is 0 Å². The van der Waals surface area contributed by atoms with Crippen LogP contribution in [-0.2, 0) is 10.0 Å². The Hall–Kier alpha value is -1.80. The summed E-state index contributed by atoms with van der Waals surface area (Å²) in [6, 6.07) is 4.29. The Morgan fingerprint density at radius 1 is 1.38 bits per heavy atom. The predicted octanol–water partition coefficient (Wildman–Crippen LogP) is 0.458. The van der Waals surface area contributed by atoms with Crippen molar-refractivity contribution >= 4 is 15.9 Å². The molecule has 0 atom stereocenters. The summed E-state index contributed by atoms with van der Waals surface area (Å²) in [5.41, 5.74) is -0.790. The Labute approximate surface area is 124 Å². The monoisotopic (exact) mass is 316 g/mol. The standard InChI is InChI=1S/C13H20N2O5S/c1-13(2,15-21(4,18)19)8-14-12(17)10-7-9(20-3)5-6-11(10)16/h5-7,15-16H,8H2,1-4H3,(H,14,17). The van der Waals surface area contributed by atoms with Crippen molar-refractivity contribution < 1.29 is 23.1 Å². The van der Waals surface area contributed by atoms with Gasteiger partial charge in [-0.05, 0) is 32.0 Å². The zero-order valence-corrected chi connectivity index (χ0v) is 13.2. The van der Waals surface area contributed by atoms with Gasteiger partial charge >= 0.3 is 0 Å². The summed E-state index contributed by atoms with van der Waals surface area (Å²) in [6.45, 7) is 3.34. The van der Waals surface area contributed by atoms with Gasteiger partial charge < -0.3 is 15.2 Å². The Morgan fingerprint density at radius 3 is 2.52 bits per heavy atom. The molecular weight excluding hydrogens is 296 g/mol. The molecule has 8 heteroatoms. The first-order valence-corrected chi connectivity index (χ1v) is 8.07. The van der Waals surface area contributed by atoms with E-state index in [0.29, 0.717) is 5.75 Å². The van der Waals surface area contributed by atoms with E-state index in [2.05, 4.69) is 10.0 Å². The molecule has 0 spiro atoms. The van der Waals surface area contributed by atoms with Crippen LogP contribution in [0.15, 0.2) is 18.2 Å². The molecule has 1 aromatic carbocycles. The molecule has 0 aliphatic carbocycles. The average molecular weight is 316 g/mol. The van der Waals surface area contributed by atoms with Crippen LogP contribution in [0.1, 0.15) is 24.2 Å². The normalized spacial score (nSPS) is 12.0. The van der Waals surface area contributed by atoms with Crippen molar-refractivity contribution in [3.05, 3.63) is 23.8 Å². The first kappa shape index (κ1) is 17.3. The summed E-state index contributed by atoms with van der Waals surface area (Å²) in [5, 5.41) is 12.3. The van der Waals surface area contributed by atoms with Crippen molar-refractivity contribution in [1.82, 2.24) is 10.0 Å². The summed E-state index contributed by atoms with van der Waals surface area (Å²) in [7, 11) is -1.93. The van der Waals surface area contributed by atoms with Crippen molar-refractivity contribution in [2.45, 2.75) is 19.4 Å². The summed E-state index contributed by atoms with van der Waals surface area (Å²) in [6.07, 6.45) is 1.05. The van der Waals surface area contributed by atoms with Crippen LogP contribution in [-0.4, -0.2) is 44.9 Å². The molecule has 0 bridgehead atoms. The third kappa shape index (κ3) is 5.60. The number of phenols is 1. The summed E-state index contributed by atoms with van der Waals surface area (Å²) in [4.78, 5) is 12.0. The van der Waals surface area contributed by atoms with Gasteiger partial charge in [0.1, 0.15) is 11.5 Å². The molecule has 0 aliphatic heterocycles. The third-order valence-electron chi connectivity index (χ3n) is 2.60. The number of aromatic hydroxyl groups is 1. The molecule has 0 aromatic heterocycles. The van der Waals surface area contributed by atoms with Gasteiger partial charge in [0.05, 0.1) is 18.9 Å². The van der Waals surface area contributed by atoms with E-state index in [4.69, 9.17) is 4.74 Å². The topological polar surface area (TPSA) is 105 Å². The Balaban J connectivity index is 2.78. The molecule has 0 unspecified atom stereocenters. The lowest BCUT2D eigenvalue weighted by atomic mass is 10.1. The van der Waals surface area contributed by atoms with Crippen molar-refractivity contribution in [2.75, 3.05) is 19.9 Å². The number of ether oxygens (including phenoxy) is 1. The molecular formula is C13H20N2O5S. The minimum atomic E-state index is -3.38. The Kier molecular flexibility index (Phi) is 5.19. The maximum absolute atomic E-state index is 12.0. The lowest BCUT2D eigenvalue weighted by Crippen LogP contribution is -2.51. The van der Waals surface area contributed by atoms with Gasteiger partial charge in [0, 0.05) is 12.1 Å². The van der Waals surface area contributed by atoms with E-state index in [1.165, 1.54) is 25.3 Å². The van der Waals surface area contributed by atoms with E-state index in [9.17, 15) is 18.3 Å². The molecule has 7 nitrogen and oxygen atoms in total. The second-order valence-electron chi connectivity index (χ2n) is 5.32. The molecule has 0 aliphatic rings. The highest BCUT2D eigenvalue weighted by Crippen LogP contribution is 2.22. The summed E-state index contributed by atoms with van der Waals surface area (Å²) < 4.78 is 29.8. The smallest absolute Gasteiger partial charge is 0.255 e. The first-order valence-electron chi connectivity index (χ1n) is 6.18. The van der Waals surface area contributed by atoms with Crippen LogP contribution in [0.25, 0.3) is 0 Å². The molecule has 1 aromatic rings. The number of amides is 1. The number of carbonyl (C=O) groups excluding carboxylic acids is 1. The molecule has 1 rings (SSSR count). The molecule has 0 heterocycles. The van der Waals surface area contributed by atoms with Gasteiger partial charge in [-0.25, -0.2) is 13.1 Å². The zero-order chi connectivity index (χ0) is 16.3. The molecule has 0 saturated carbocycles. The quantitative estimate of drug-likeness (QED) is 0.707. The number of benzene rings is 1. The van der Waals surface area contributed by atoms with Crippen LogP contribution in [0, 0.1) is 0 Å². The van der Waals surface area contributed by atoms with Crippen LogP contribution >= 0.6 is 0 Å². The SMILES string of the molecule is COc1ccc(O)c(C(=O)NCC(C)(C)NS(C)(=O)=O)c1. The molecule has 118 valence electrons. The van der Waals surface area contributed by atoms with Crippen LogP contribution < -0.4 is 14.8 Å². The van der Waals surface area contributed by atoms with E-state index in [1.807, 2.05) is 0 Å². The molecule has 3 N–H and O–H groups in total. The fourth-order valence-electron chi connectivity index (χ4n) is 1.76. The Bertz CT molecular complexity index is 625. The van der Waals surface area contributed by atoms with Crippen molar-refractivity contribution in [3.63, 3.8) is 0 Å². The van der Waals surface area contributed by atoms with Gasteiger partial charge in [-0.1, -0.05) is 0 Å². The highest BCUT2D eigenvalue weighted by Gasteiger charge is 2.23. The van der Waals surface area contributed by atoms with Gasteiger partial charge in [-0.2, -0.15) is 0 Å². The Morgan fingerprint density at radius 2 is 2.00 bits per heavy atom. The number of carbonyl (C=O) groups is 1. The number of methoxy groups -OCH3 is 1. The minimum absolute atomic E-state index is 0.0597. The highest BCUT2D eigenvalue weighted by molar-refractivity contribution is 7.88. The second-order valence-corrected chi connectivity index (χ2v) is 7.07. The van der Waals surface area contributed by atoms with Gasteiger partial charge in [-0.15, -0.1) is 0 Å². The average Bonchev–Trinajstić information content (AvgIpc) is 2.34.